The number of hydrogen-bond donors (Lipinski definition) is 2. The van der Waals surface area contributed by atoms with Crippen LogP contribution in [0.15, 0.2) is 33.5 Å². The Kier molecular flexibility index (Phi) is 3.46. The third-order valence-corrected chi connectivity index (χ3v) is 3.68. The third-order valence-electron chi connectivity index (χ3n) is 3.68. The Morgan fingerprint density at radius 2 is 1.90 bits per heavy atom. The Morgan fingerprint density at radius 3 is 2.55 bits per heavy atom. The molecule has 20 heavy (non-hydrogen) atoms. The van der Waals surface area contributed by atoms with Crippen molar-refractivity contribution in [2.45, 2.75) is 13.0 Å². The molecule has 0 spiro atoms. The van der Waals surface area contributed by atoms with Crippen molar-refractivity contribution >= 4 is 16.7 Å². The van der Waals surface area contributed by atoms with Crippen molar-refractivity contribution in [1.82, 2.24) is 5.32 Å². The molecular formula is C15H18N2O3. The summed E-state index contributed by atoms with van der Waals surface area (Å²) in [5.74, 6) is 0.505. The van der Waals surface area contributed by atoms with E-state index >= 15 is 0 Å². The van der Waals surface area contributed by atoms with Crippen molar-refractivity contribution in [3.05, 3.63) is 40.2 Å². The van der Waals surface area contributed by atoms with Crippen LogP contribution in [0.5, 0.6) is 0 Å². The van der Waals surface area contributed by atoms with E-state index in [4.69, 9.17) is 4.42 Å². The van der Waals surface area contributed by atoms with E-state index in [1.807, 2.05) is 17.0 Å². The molecule has 0 bridgehead atoms. The van der Waals surface area contributed by atoms with Crippen LogP contribution in [-0.2, 0) is 0 Å². The lowest BCUT2D eigenvalue weighted by molar-refractivity contribution is 0.198. The Labute approximate surface area is 116 Å². The van der Waals surface area contributed by atoms with Crippen LogP contribution in [0.4, 0.5) is 5.88 Å². The molecule has 5 heteroatoms. The average Bonchev–Trinajstić information content (AvgIpc) is 2.47. The molecule has 3 rings (SSSR count). The summed E-state index contributed by atoms with van der Waals surface area (Å²) in [6.07, 6.45) is -0.686. The zero-order valence-electron chi connectivity index (χ0n) is 11.4. The highest BCUT2D eigenvalue weighted by Crippen LogP contribution is 2.31. The van der Waals surface area contributed by atoms with E-state index in [0.29, 0.717) is 16.8 Å². The van der Waals surface area contributed by atoms with Crippen LogP contribution in [0, 0.1) is 0 Å². The summed E-state index contributed by atoms with van der Waals surface area (Å²) in [7, 11) is 0. The number of rotatable bonds is 2. The van der Waals surface area contributed by atoms with Crippen molar-refractivity contribution in [3.63, 3.8) is 0 Å². The summed E-state index contributed by atoms with van der Waals surface area (Å²) < 4.78 is 5.51. The molecule has 0 aliphatic carbocycles. The molecule has 1 aromatic carbocycles. The number of aliphatic hydroxyl groups excluding tert-OH is 1. The fourth-order valence-corrected chi connectivity index (χ4v) is 2.72. The number of fused-ring (bicyclic) bond motifs is 1. The number of hydrogen-bond acceptors (Lipinski definition) is 5. The van der Waals surface area contributed by atoms with Crippen molar-refractivity contribution in [2.24, 2.45) is 0 Å². The van der Waals surface area contributed by atoms with Crippen LogP contribution in [-0.4, -0.2) is 31.3 Å². The normalized spacial score (nSPS) is 17.4. The van der Waals surface area contributed by atoms with E-state index in [9.17, 15) is 9.90 Å². The first-order valence-corrected chi connectivity index (χ1v) is 6.88. The minimum absolute atomic E-state index is 0.349. The van der Waals surface area contributed by atoms with E-state index in [1.165, 1.54) is 0 Å². The molecule has 1 fully saturated rings. The second-order valence-corrected chi connectivity index (χ2v) is 5.07. The predicted octanol–water partition coefficient (Wildman–Crippen LogP) is 1.26. The molecular weight excluding hydrogens is 256 g/mol. The molecule has 1 aliphatic heterocycles. The zero-order valence-corrected chi connectivity index (χ0v) is 11.4. The molecule has 2 heterocycles. The van der Waals surface area contributed by atoms with Gasteiger partial charge in [0.05, 0.1) is 11.5 Å². The van der Waals surface area contributed by atoms with Crippen LogP contribution >= 0.6 is 0 Å². The van der Waals surface area contributed by atoms with E-state index in [1.54, 1.807) is 19.1 Å². The molecule has 2 N–H and O–H groups in total. The van der Waals surface area contributed by atoms with E-state index in [0.717, 1.165) is 31.6 Å². The van der Waals surface area contributed by atoms with Gasteiger partial charge in [-0.25, -0.2) is 4.79 Å². The maximum Gasteiger partial charge on any atom is 0.345 e. The monoisotopic (exact) mass is 274 g/mol. The number of aliphatic hydroxyl groups is 1. The van der Waals surface area contributed by atoms with Gasteiger partial charge in [-0.05, 0) is 13.0 Å². The van der Waals surface area contributed by atoms with Gasteiger partial charge in [0.15, 0.2) is 0 Å². The van der Waals surface area contributed by atoms with Gasteiger partial charge in [0, 0.05) is 37.1 Å². The van der Waals surface area contributed by atoms with Crippen molar-refractivity contribution in [3.8, 4) is 0 Å². The van der Waals surface area contributed by atoms with Crippen LogP contribution in [0.2, 0.25) is 0 Å². The lowest BCUT2D eigenvalue weighted by Gasteiger charge is -2.30. The molecule has 1 atom stereocenters. The summed E-state index contributed by atoms with van der Waals surface area (Å²) in [5.41, 5.74) is 0.348. The Morgan fingerprint density at radius 1 is 1.25 bits per heavy atom. The number of nitrogens with one attached hydrogen (secondary N) is 1. The largest absolute Gasteiger partial charge is 0.406 e. The van der Waals surface area contributed by atoms with Crippen molar-refractivity contribution in [1.29, 1.82) is 0 Å². The van der Waals surface area contributed by atoms with Crippen molar-refractivity contribution < 1.29 is 9.52 Å². The highest BCUT2D eigenvalue weighted by Gasteiger charge is 2.23. The summed E-state index contributed by atoms with van der Waals surface area (Å²) in [6, 6.07) is 7.26. The third kappa shape index (κ3) is 2.19. The van der Waals surface area contributed by atoms with Crippen LogP contribution in [0.25, 0.3) is 10.8 Å². The number of anilines is 1. The zero-order chi connectivity index (χ0) is 14.1. The van der Waals surface area contributed by atoms with Gasteiger partial charge in [-0.1, -0.05) is 18.2 Å². The first-order valence-electron chi connectivity index (χ1n) is 6.88. The second-order valence-electron chi connectivity index (χ2n) is 5.07. The molecule has 106 valence electrons. The Bertz CT molecular complexity index is 672. The SMILES string of the molecule is CC(O)c1c(N2CCNCC2)oc(=O)c2ccccc12. The molecule has 1 aromatic heterocycles. The predicted molar refractivity (Wildman–Crippen MR) is 78.2 cm³/mol. The summed E-state index contributed by atoms with van der Waals surface area (Å²) in [6.45, 7) is 4.92. The van der Waals surface area contributed by atoms with Gasteiger partial charge in [-0.2, -0.15) is 0 Å². The van der Waals surface area contributed by atoms with Gasteiger partial charge in [0.1, 0.15) is 0 Å². The number of benzene rings is 1. The maximum atomic E-state index is 12.1. The van der Waals surface area contributed by atoms with E-state index in [-0.39, 0.29) is 5.63 Å². The van der Waals surface area contributed by atoms with Gasteiger partial charge in [0.2, 0.25) is 5.88 Å². The van der Waals surface area contributed by atoms with Gasteiger partial charge >= 0.3 is 5.63 Å². The standard InChI is InChI=1S/C15H18N2O3/c1-10(18)13-11-4-2-3-5-12(11)15(19)20-14(13)17-8-6-16-7-9-17/h2-5,10,16,18H,6-9H2,1H3. The van der Waals surface area contributed by atoms with E-state index < -0.39 is 6.10 Å². The molecule has 1 aliphatic rings. The first-order chi connectivity index (χ1) is 9.68. The number of nitrogens with zero attached hydrogens (tertiary/aromatic N) is 1. The molecule has 0 amide bonds. The smallest absolute Gasteiger partial charge is 0.345 e. The maximum absolute atomic E-state index is 12.1. The average molecular weight is 274 g/mol. The fourth-order valence-electron chi connectivity index (χ4n) is 2.72. The minimum atomic E-state index is -0.686. The lowest BCUT2D eigenvalue weighted by Crippen LogP contribution is -2.44. The summed E-state index contributed by atoms with van der Waals surface area (Å²) >= 11 is 0. The summed E-state index contributed by atoms with van der Waals surface area (Å²) in [5, 5.41) is 14.7. The van der Waals surface area contributed by atoms with Crippen LogP contribution < -0.4 is 15.8 Å². The quantitative estimate of drug-likeness (QED) is 0.863. The molecule has 5 nitrogen and oxygen atoms in total. The Balaban J connectivity index is 2.25. The number of piperazine rings is 1. The highest BCUT2D eigenvalue weighted by atomic mass is 16.4. The molecule has 1 unspecified atom stereocenters. The molecule has 2 aromatic rings. The molecule has 0 saturated carbocycles. The topological polar surface area (TPSA) is 65.7 Å². The van der Waals surface area contributed by atoms with Crippen LogP contribution in [0.3, 0.4) is 0 Å². The molecule has 1 saturated heterocycles. The first kappa shape index (κ1) is 13.1. The molecule has 0 radical (unpaired) electrons. The van der Waals surface area contributed by atoms with E-state index in [2.05, 4.69) is 5.32 Å². The Hall–Kier alpha value is -1.85. The lowest BCUT2D eigenvalue weighted by atomic mass is 10.0. The van der Waals surface area contributed by atoms with Gasteiger partial charge in [0.25, 0.3) is 0 Å². The van der Waals surface area contributed by atoms with Crippen molar-refractivity contribution in [2.75, 3.05) is 31.1 Å². The van der Waals surface area contributed by atoms with Crippen LogP contribution in [0.1, 0.15) is 18.6 Å². The minimum Gasteiger partial charge on any atom is -0.406 e. The van der Waals surface area contributed by atoms with Gasteiger partial charge in [-0.15, -0.1) is 0 Å². The highest BCUT2D eigenvalue weighted by molar-refractivity contribution is 5.87. The summed E-state index contributed by atoms with van der Waals surface area (Å²) in [4.78, 5) is 14.1. The van der Waals surface area contributed by atoms with Gasteiger partial charge in [-0.3, -0.25) is 0 Å². The van der Waals surface area contributed by atoms with Gasteiger partial charge < -0.3 is 19.7 Å². The fraction of sp³-hybridized carbons (Fsp3) is 0.400. The second kappa shape index (κ2) is 5.26.